The van der Waals surface area contributed by atoms with E-state index in [1.54, 1.807) is 18.2 Å². The van der Waals surface area contributed by atoms with E-state index in [1.165, 1.54) is 24.3 Å². The van der Waals surface area contributed by atoms with Crippen LogP contribution in [0.2, 0.25) is 5.02 Å². The number of halogens is 1. The molecule has 26 heavy (non-hydrogen) atoms. The molecule has 1 heterocycles. The summed E-state index contributed by atoms with van der Waals surface area (Å²) in [5.41, 5.74) is 0.786. The second kappa shape index (κ2) is 7.02. The van der Waals surface area contributed by atoms with Crippen molar-refractivity contribution in [3.63, 3.8) is 0 Å². The third kappa shape index (κ3) is 4.18. The summed E-state index contributed by atoms with van der Waals surface area (Å²) in [7, 11) is -3.33. The fraction of sp³-hybridized carbons (Fsp3) is 0.0625. The number of carbonyl (C=O) groups excluding carboxylic acids is 2. The number of hydrogen-bond acceptors (Lipinski definition) is 6. The van der Waals surface area contributed by atoms with E-state index in [2.05, 4.69) is 15.6 Å². The Labute approximate surface area is 157 Å². The van der Waals surface area contributed by atoms with Crippen LogP contribution < -0.4 is 10.6 Å². The quantitative estimate of drug-likeness (QED) is 0.690. The predicted octanol–water partition coefficient (Wildman–Crippen LogP) is 3.32. The van der Waals surface area contributed by atoms with E-state index in [1.807, 2.05) is 0 Å². The highest BCUT2D eigenvalue weighted by atomic mass is 35.5. The number of aromatic nitrogens is 1. The SMILES string of the molecule is CS(=O)(=O)c1ccc2nc(NC(=O)NC(=O)c3cccc(Cl)c3)sc2c1. The standard InChI is InChI=1S/C16H12ClN3O4S2/c1-26(23,24)11-5-6-12-13(8-11)25-16(18-12)20-15(22)19-14(21)9-3-2-4-10(17)7-9/h2-8H,1H3,(H2,18,19,20,21,22). The number of urea groups is 1. The molecular weight excluding hydrogens is 398 g/mol. The Bertz CT molecular complexity index is 1130. The molecule has 1 aromatic heterocycles. The summed E-state index contributed by atoms with van der Waals surface area (Å²) < 4.78 is 23.8. The molecule has 3 amide bonds. The maximum Gasteiger partial charge on any atom is 0.327 e. The number of nitrogens with one attached hydrogen (secondary N) is 2. The van der Waals surface area contributed by atoms with Crippen molar-refractivity contribution >= 4 is 60.1 Å². The van der Waals surface area contributed by atoms with Gasteiger partial charge in [-0.3, -0.25) is 15.4 Å². The second-order valence-electron chi connectivity index (χ2n) is 5.34. The molecule has 0 atom stereocenters. The van der Waals surface area contributed by atoms with Gasteiger partial charge in [0, 0.05) is 16.8 Å². The Balaban J connectivity index is 1.74. The number of carbonyl (C=O) groups is 2. The molecule has 3 aromatic rings. The molecule has 7 nitrogen and oxygen atoms in total. The molecular formula is C16H12ClN3O4S2. The van der Waals surface area contributed by atoms with Gasteiger partial charge in [0.2, 0.25) is 0 Å². The van der Waals surface area contributed by atoms with E-state index < -0.39 is 21.8 Å². The molecule has 2 N–H and O–H groups in total. The van der Waals surface area contributed by atoms with Crippen molar-refractivity contribution in [3.05, 3.63) is 53.1 Å². The highest BCUT2D eigenvalue weighted by Crippen LogP contribution is 2.28. The van der Waals surface area contributed by atoms with Crippen molar-refractivity contribution in [1.29, 1.82) is 0 Å². The van der Waals surface area contributed by atoms with Gasteiger partial charge in [-0.1, -0.05) is 29.0 Å². The molecule has 0 aliphatic rings. The predicted molar refractivity (Wildman–Crippen MR) is 101 cm³/mol. The van der Waals surface area contributed by atoms with Crippen LogP contribution in [-0.4, -0.2) is 31.6 Å². The highest BCUT2D eigenvalue weighted by molar-refractivity contribution is 7.90. The zero-order chi connectivity index (χ0) is 18.9. The molecule has 2 aromatic carbocycles. The summed E-state index contributed by atoms with van der Waals surface area (Å²) in [6, 6.07) is 9.92. The third-order valence-corrected chi connectivity index (χ3v) is 5.60. The minimum Gasteiger partial charge on any atom is -0.283 e. The van der Waals surface area contributed by atoms with Crippen LogP contribution in [0, 0.1) is 0 Å². The van der Waals surface area contributed by atoms with Crippen molar-refractivity contribution < 1.29 is 18.0 Å². The monoisotopic (exact) mass is 409 g/mol. The maximum absolute atomic E-state index is 12.0. The number of imide groups is 1. The van der Waals surface area contributed by atoms with Gasteiger partial charge in [-0.05, 0) is 36.4 Å². The maximum atomic E-state index is 12.0. The normalized spacial score (nSPS) is 11.3. The number of benzene rings is 2. The van der Waals surface area contributed by atoms with Gasteiger partial charge in [0.1, 0.15) is 0 Å². The van der Waals surface area contributed by atoms with Crippen LogP contribution in [0.1, 0.15) is 10.4 Å². The van der Waals surface area contributed by atoms with Gasteiger partial charge in [0.05, 0.1) is 15.1 Å². The van der Waals surface area contributed by atoms with Crippen LogP contribution in [0.3, 0.4) is 0 Å². The van der Waals surface area contributed by atoms with Gasteiger partial charge >= 0.3 is 6.03 Å². The van der Waals surface area contributed by atoms with Crippen molar-refractivity contribution in [2.45, 2.75) is 4.90 Å². The van der Waals surface area contributed by atoms with Crippen molar-refractivity contribution in [2.75, 3.05) is 11.6 Å². The van der Waals surface area contributed by atoms with Gasteiger partial charge in [0.15, 0.2) is 15.0 Å². The molecule has 134 valence electrons. The average molecular weight is 410 g/mol. The topological polar surface area (TPSA) is 105 Å². The Morgan fingerprint density at radius 1 is 1.15 bits per heavy atom. The zero-order valence-corrected chi connectivity index (χ0v) is 15.7. The lowest BCUT2D eigenvalue weighted by molar-refractivity contribution is 0.0967. The average Bonchev–Trinajstić information content (AvgIpc) is 2.94. The molecule has 10 heteroatoms. The summed E-state index contributed by atoms with van der Waals surface area (Å²) in [6.45, 7) is 0. The number of hydrogen-bond donors (Lipinski definition) is 2. The van der Waals surface area contributed by atoms with Crippen LogP contribution >= 0.6 is 22.9 Å². The summed E-state index contributed by atoms with van der Waals surface area (Å²) in [5, 5.41) is 5.25. The van der Waals surface area contributed by atoms with Crippen LogP contribution in [-0.2, 0) is 9.84 Å². The van der Waals surface area contributed by atoms with Crippen LogP contribution in [0.5, 0.6) is 0 Å². The lowest BCUT2D eigenvalue weighted by atomic mass is 10.2. The number of sulfone groups is 1. The summed E-state index contributed by atoms with van der Waals surface area (Å²) in [6.07, 6.45) is 1.11. The van der Waals surface area contributed by atoms with E-state index in [-0.39, 0.29) is 15.6 Å². The van der Waals surface area contributed by atoms with E-state index in [4.69, 9.17) is 11.6 Å². The molecule has 3 rings (SSSR count). The van der Waals surface area contributed by atoms with Crippen LogP contribution in [0.4, 0.5) is 9.93 Å². The van der Waals surface area contributed by atoms with Gasteiger partial charge < -0.3 is 0 Å². The van der Waals surface area contributed by atoms with Crippen LogP contribution in [0.15, 0.2) is 47.4 Å². The van der Waals surface area contributed by atoms with Crippen molar-refractivity contribution in [1.82, 2.24) is 10.3 Å². The fourth-order valence-corrected chi connectivity index (χ4v) is 3.93. The van der Waals surface area contributed by atoms with Gasteiger partial charge in [0.25, 0.3) is 5.91 Å². The highest BCUT2D eigenvalue weighted by Gasteiger charge is 2.14. The minimum absolute atomic E-state index is 0.167. The molecule has 0 aliphatic heterocycles. The summed E-state index contributed by atoms with van der Waals surface area (Å²) in [4.78, 5) is 28.3. The van der Waals surface area contributed by atoms with E-state index >= 15 is 0 Å². The Morgan fingerprint density at radius 2 is 1.92 bits per heavy atom. The smallest absolute Gasteiger partial charge is 0.283 e. The zero-order valence-electron chi connectivity index (χ0n) is 13.3. The Morgan fingerprint density at radius 3 is 2.62 bits per heavy atom. The minimum atomic E-state index is -3.33. The van der Waals surface area contributed by atoms with Crippen molar-refractivity contribution in [2.24, 2.45) is 0 Å². The molecule has 0 aliphatic carbocycles. The Kier molecular flexibility index (Phi) is 4.94. The number of rotatable bonds is 3. The van der Waals surface area contributed by atoms with E-state index in [9.17, 15) is 18.0 Å². The van der Waals surface area contributed by atoms with Gasteiger partial charge in [-0.2, -0.15) is 0 Å². The number of nitrogens with zero attached hydrogens (tertiary/aromatic N) is 1. The summed E-state index contributed by atoms with van der Waals surface area (Å²) >= 11 is 6.91. The second-order valence-corrected chi connectivity index (χ2v) is 8.82. The number of thiazole rings is 1. The first-order valence-corrected chi connectivity index (χ1v) is 10.3. The first-order valence-electron chi connectivity index (χ1n) is 7.21. The van der Waals surface area contributed by atoms with E-state index in [0.717, 1.165) is 17.6 Å². The fourth-order valence-electron chi connectivity index (χ4n) is 2.12. The number of amides is 3. The third-order valence-electron chi connectivity index (χ3n) is 3.32. The molecule has 0 unspecified atom stereocenters. The molecule has 0 saturated heterocycles. The Hall–Kier alpha value is -2.49. The number of fused-ring (bicyclic) bond motifs is 1. The lowest BCUT2D eigenvalue weighted by Crippen LogP contribution is -2.34. The lowest BCUT2D eigenvalue weighted by Gasteiger charge is -2.04. The first-order chi connectivity index (χ1) is 12.2. The molecule has 0 fully saturated rings. The van der Waals surface area contributed by atoms with Gasteiger partial charge in [-0.25, -0.2) is 18.2 Å². The molecule has 0 bridgehead atoms. The summed E-state index contributed by atoms with van der Waals surface area (Å²) in [5.74, 6) is -0.606. The first kappa shape index (κ1) is 18.3. The number of anilines is 1. The van der Waals surface area contributed by atoms with E-state index in [0.29, 0.717) is 15.2 Å². The van der Waals surface area contributed by atoms with Gasteiger partial charge in [-0.15, -0.1) is 0 Å². The van der Waals surface area contributed by atoms with Crippen LogP contribution in [0.25, 0.3) is 10.2 Å². The largest absolute Gasteiger partial charge is 0.327 e. The molecule has 0 spiro atoms. The molecule has 0 radical (unpaired) electrons. The van der Waals surface area contributed by atoms with Crippen molar-refractivity contribution in [3.8, 4) is 0 Å². The molecule has 0 saturated carbocycles.